The van der Waals surface area contributed by atoms with Gasteiger partial charge in [-0.2, -0.15) is 21.8 Å². The van der Waals surface area contributed by atoms with Crippen molar-refractivity contribution >= 4 is 37.6 Å². The Labute approximate surface area is 224 Å². The van der Waals surface area contributed by atoms with E-state index in [1.165, 1.54) is 23.5 Å². The number of sulfonamides is 2. The highest BCUT2D eigenvalue weighted by atomic mass is 35.5. The summed E-state index contributed by atoms with van der Waals surface area (Å²) in [6.07, 6.45) is -5.08. The number of nitrogens with one attached hydrogen (secondary N) is 1. The molecule has 3 rings (SSSR count). The molecule has 0 aromatic heterocycles. The Bertz CT molecular complexity index is 1290. The molecule has 0 radical (unpaired) electrons. The highest BCUT2D eigenvalue weighted by Gasteiger charge is 2.38. The Morgan fingerprint density at radius 2 is 1.63 bits per heavy atom. The van der Waals surface area contributed by atoms with E-state index in [4.69, 9.17) is 26.2 Å². The number of nitrogens with zero attached hydrogens (tertiary/aromatic N) is 2. The van der Waals surface area contributed by atoms with E-state index in [-0.39, 0.29) is 23.7 Å². The second kappa shape index (κ2) is 13.6. The molecule has 0 unspecified atom stereocenters. The van der Waals surface area contributed by atoms with Crippen LogP contribution in [0.1, 0.15) is 5.56 Å². The smallest absolute Gasteiger partial charge is 0.490 e. The molecule has 1 saturated heterocycles. The summed E-state index contributed by atoms with van der Waals surface area (Å²) in [4.78, 5) is 8.95. The van der Waals surface area contributed by atoms with Gasteiger partial charge in [0, 0.05) is 44.3 Å². The fraction of sp³-hybridized carbons (Fsp3) is 0.409. The van der Waals surface area contributed by atoms with Crippen LogP contribution in [0.25, 0.3) is 0 Å². The molecule has 0 aliphatic carbocycles. The van der Waals surface area contributed by atoms with Crippen molar-refractivity contribution in [3.8, 4) is 5.75 Å². The van der Waals surface area contributed by atoms with E-state index < -0.39 is 32.2 Å². The van der Waals surface area contributed by atoms with E-state index in [0.717, 1.165) is 4.31 Å². The number of methoxy groups -OCH3 is 1. The number of halogens is 4. The van der Waals surface area contributed by atoms with Gasteiger partial charge in [-0.3, -0.25) is 0 Å². The predicted molar refractivity (Wildman–Crippen MR) is 134 cm³/mol. The van der Waals surface area contributed by atoms with Crippen LogP contribution in [0.2, 0.25) is 5.02 Å². The number of hydrogen-bond donors (Lipinski definition) is 2. The molecule has 1 heterocycles. The van der Waals surface area contributed by atoms with Crippen LogP contribution in [-0.2, 0) is 31.4 Å². The highest BCUT2D eigenvalue weighted by Crippen LogP contribution is 2.24. The molecule has 16 heteroatoms. The lowest BCUT2D eigenvalue weighted by atomic mass is 10.2. The number of aliphatic carboxylic acids is 1. The van der Waals surface area contributed by atoms with Crippen molar-refractivity contribution in [2.45, 2.75) is 17.6 Å². The lowest BCUT2D eigenvalue weighted by Gasteiger charge is -2.28. The van der Waals surface area contributed by atoms with Crippen LogP contribution in [-0.4, -0.2) is 88.3 Å². The van der Waals surface area contributed by atoms with E-state index in [2.05, 4.69) is 5.32 Å². The van der Waals surface area contributed by atoms with Gasteiger partial charge in [0.1, 0.15) is 5.75 Å². The summed E-state index contributed by atoms with van der Waals surface area (Å²) >= 11 is 6.24. The van der Waals surface area contributed by atoms with Crippen molar-refractivity contribution < 1.29 is 44.6 Å². The predicted octanol–water partition coefficient (Wildman–Crippen LogP) is 2.41. The monoisotopic (exact) mass is 601 g/mol. The minimum absolute atomic E-state index is 0.0366. The molecular formula is C22H27ClF3N3O7S2. The third-order valence-electron chi connectivity index (χ3n) is 5.31. The molecule has 212 valence electrons. The third-order valence-corrected chi connectivity index (χ3v) is 9.39. The van der Waals surface area contributed by atoms with Crippen LogP contribution < -0.4 is 10.1 Å². The Kier molecular flexibility index (Phi) is 11.4. The van der Waals surface area contributed by atoms with Gasteiger partial charge in [-0.15, -0.1) is 0 Å². The molecule has 0 amide bonds. The summed E-state index contributed by atoms with van der Waals surface area (Å²) < 4.78 is 91.7. The maximum Gasteiger partial charge on any atom is 0.490 e. The topological polar surface area (TPSA) is 133 Å². The number of benzene rings is 2. The molecule has 2 N–H and O–H groups in total. The van der Waals surface area contributed by atoms with Crippen LogP contribution in [0, 0.1) is 0 Å². The van der Waals surface area contributed by atoms with Crippen LogP contribution in [0.5, 0.6) is 5.75 Å². The molecule has 0 spiro atoms. The molecule has 0 saturated carbocycles. The number of carboxylic acids is 1. The first-order valence-electron chi connectivity index (χ1n) is 11.0. The molecular weight excluding hydrogens is 575 g/mol. The van der Waals surface area contributed by atoms with Gasteiger partial charge in [-0.1, -0.05) is 29.8 Å². The normalized spacial score (nSPS) is 15.0. The summed E-state index contributed by atoms with van der Waals surface area (Å²) in [6, 6.07) is 12.9. The zero-order chi connectivity index (χ0) is 28.6. The molecule has 0 bridgehead atoms. The van der Waals surface area contributed by atoms with Gasteiger partial charge >= 0.3 is 12.1 Å². The quantitative estimate of drug-likeness (QED) is 0.448. The fourth-order valence-electron chi connectivity index (χ4n) is 3.27. The molecule has 0 atom stereocenters. The SMILES string of the molecule is COc1ccc(S(=O)(=O)N(CCS(=O)(=O)N2CCNCC2)Cc2ccccc2Cl)cc1.O=C(O)C(F)(F)F. The molecule has 2 aromatic rings. The van der Waals surface area contributed by atoms with Crippen molar-refractivity contribution in [1.29, 1.82) is 0 Å². The van der Waals surface area contributed by atoms with Crippen molar-refractivity contribution in [2.24, 2.45) is 0 Å². The van der Waals surface area contributed by atoms with E-state index in [1.54, 1.807) is 36.4 Å². The zero-order valence-electron chi connectivity index (χ0n) is 20.2. The van der Waals surface area contributed by atoms with Crippen molar-refractivity contribution in [2.75, 3.05) is 45.6 Å². The minimum atomic E-state index is -5.08. The maximum absolute atomic E-state index is 13.4. The first kappa shape index (κ1) is 31.8. The van der Waals surface area contributed by atoms with Crippen molar-refractivity contribution in [1.82, 2.24) is 13.9 Å². The Hall–Kier alpha value is -2.43. The first-order chi connectivity index (χ1) is 17.7. The molecule has 10 nitrogen and oxygen atoms in total. The minimum Gasteiger partial charge on any atom is -0.497 e. The summed E-state index contributed by atoms with van der Waals surface area (Å²) in [6.45, 7) is 1.67. The Balaban J connectivity index is 0.000000638. The molecule has 38 heavy (non-hydrogen) atoms. The molecule has 1 fully saturated rings. The lowest BCUT2D eigenvalue weighted by molar-refractivity contribution is -0.192. The van der Waals surface area contributed by atoms with E-state index in [9.17, 15) is 30.0 Å². The highest BCUT2D eigenvalue weighted by molar-refractivity contribution is 7.90. The van der Waals surface area contributed by atoms with Gasteiger partial charge in [-0.05, 0) is 35.9 Å². The number of piperazine rings is 1. The van der Waals surface area contributed by atoms with Gasteiger partial charge in [0.15, 0.2) is 0 Å². The van der Waals surface area contributed by atoms with Gasteiger partial charge in [0.2, 0.25) is 20.0 Å². The second-order valence-electron chi connectivity index (χ2n) is 7.87. The summed E-state index contributed by atoms with van der Waals surface area (Å²) in [5, 5.41) is 10.7. The van der Waals surface area contributed by atoms with Crippen LogP contribution in [0.15, 0.2) is 53.4 Å². The van der Waals surface area contributed by atoms with Crippen molar-refractivity contribution in [3.63, 3.8) is 0 Å². The Morgan fingerprint density at radius 3 is 2.13 bits per heavy atom. The van der Waals surface area contributed by atoms with E-state index in [0.29, 0.717) is 42.5 Å². The summed E-state index contributed by atoms with van der Waals surface area (Å²) in [7, 11) is -6.08. The average Bonchev–Trinajstić information content (AvgIpc) is 2.87. The Morgan fingerprint density at radius 1 is 1.08 bits per heavy atom. The van der Waals surface area contributed by atoms with E-state index >= 15 is 0 Å². The van der Waals surface area contributed by atoms with Crippen molar-refractivity contribution in [3.05, 3.63) is 59.1 Å². The largest absolute Gasteiger partial charge is 0.497 e. The second-order valence-corrected chi connectivity index (χ2v) is 12.3. The van der Waals surface area contributed by atoms with Gasteiger partial charge in [-0.25, -0.2) is 21.6 Å². The molecule has 1 aliphatic heterocycles. The number of carbonyl (C=O) groups is 1. The van der Waals surface area contributed by atoms with Crippen LogP contribution in [0.3, 0.4) is 0 Å². The van der Waals surface area contributed by atoms with Gasteiger partial charge in [0.05, 0.1) is 17.8 Å². The number of ether oxygens (including phenoxy) is 1. The number of alkyl halides is 3. The summed E-state index contributed by atoms with van der Waals surface area (Å²) in [5.41, 5.74) is 0.598. The van der Waals surface area contributed by atoms with Gasteiger partial charge < -0.3 is 15.2 Å². The van der Waals surface area contributed by atoms with Crippen LogP contribution in [0.4, 0.5) is 13.2 Å². The summed E-state index contributed by atoms with van der Waals surface area (Å²) in [5.74, 6) is -2.54. The number of rotatable bonds is 9. The van der Waals surface area contributed by atoms with Crippen LogP contribution >= 0.6 is 11.6 Å². The average molecular weight is 602 g/mol. The molecule has 2 aromatic carbocycles. The standard InChI is InChI=1S/C20H26ClN3O5S2.C2HF3O2/c1-29-18-6-8-19(9-7-18)31(27,28)24(16-17-4-2-3-5-20(17)21)14-15-30(25,26)23-12-10-22-11-13-23;3-2(4,5)1(6)7/h2-9,22H,10-16H2,1H3;(H,6,7). The number of carboxylic acid groups (broad SMARTS) is 1. The van der Waals surface area contributed by atoms with E-state index in [1.807, 2.05) is 0 Å². The third kappa shape index (κ3) is 9.10. The number of hydrogen-bond acceptors (Lipinski definition) is 7. The fourth-order valence-corrected chi connectivity index (χ4v) is 6.44. The zero-order valence-corrected chi connectivity index (χ0v) is 22.6. The molecule has 1 aliphatic rings. The van der Waals surface area contributed by atoms with Gasteiger partial charge in [0.25, 0.3) is 0 Å². The maximum atomic E-state index is 13.4. The lowest BCUT2D eigenvalue weighted by Crippen LogP contribution is -2.48. The first-order valence-corrected chi connectivity index (χ1v) is 14.5.